The van der Waals surface area contributed by atoms with Crippen molar-refractivity contribution >= 4 is 11.8 Å². The van der Waals surface area contributed by atoms with Crippen molar-refractivity contribution in [2.24, 2.45) is 0 Å². The van der Waals surface area contributed by atoms with E-state index in [0.29, 0.717) is 26.1 Å². The lowest BCUT2D eigenvalue weighted by Crippen LogP contribution is -2.34. The minimum Gasteiger partial charge on any atom is -0.354 e. The molecular weight excluding hydrogens is 198 g/mol. The van der Waals surface area contributed by atoms with Gasteiger partial charge < -0.3 is 10.2 Å². The summed E-state index contributed by atoms with van der Waals surface area (Å²) in [5.74, 6) is -0.0313. The van der Waals surface area contributed by atoms with Gasteiger partial charge in [0.2, 0.25) is 11.7 Å². The number of amides is 2. The Balaban J connectivity index is 2.04. The van der Waals surface area contributed by atoms with Gasteiger partial charge >= 0.3 is 0 Å². The van der Waals surface area contributed by atoms with Crippen LogP contribution in [0.2, 0.25) is 0 Å². The van der Waals surface area contributed by atoms with E-state index >= 15 is 0 Å². The summed E-state index contributed by atoms with van der Waals surface area (Å²) in [5, 5.41) is 8.81. The topological polar surface area (TPSA) is 91.0 Å². The van der Waals surface area contributed by atoms with Gasteiger partial charge in [0, 0.05) is 26.1 Å². The normalized spacial score (nSPS) is 17.1. The van der Waals surface area contributed by atoms with Crippen molar-refractivity contribution in [1.82, 2.24) is 25.4 Å². The number of hydrogen-bond acceptors (Lipinski definition) is 4. The summed E-state index contributed by atoms with van der Waals surface area (Å²) in [7, 11) is 0. The first-order chi connectivity index (χ1) is 7.27. The summed E-state index contributed by atoms with van der Waals surface area (Å²) in [6.45, 7) is 1.41. The van der Waals surface area contributed by atoms with Gasteiger partial charge in [-0.1, -0.05) is 0 Å². The first kappa shape index (κ1) is 9.63. The summed E-state index contributed by atoms with van der Waals surface area (Å²) in [4.78, 5) is 28.2. The lowest BCUT2D eigenvalue weighted by Gasteiger charge is -2.17. The third kappa shape index (κ3) is 2.12. The van der Waals surface area contributed by atoms with E-state index in [2.05, 4.69) is 20.5 Å². The molecule has 2 heterocycles. The van der Waals surface area contributed by atoms with Gasteiger partial charge in [-0.3, -0.25) is 14.7 Å². The number of nitrogens with zero attached hydrogens (tertiary/aromatic N) is 3. The maximum absolute atomic E-state index is 11.8. The number of aromatic nitrogens is 3. The molecule has 0 unspecified atom stereocenters. The Labute approximate surface area is 85.9 Å². The molecule has 1 aromatic rings. The predicted octanol–water partition coefficient (Wildman–Crippen LogP) is -1.23. The van der Waals surface area contributed by atoms with E-state index < -0.39 is 0 Å². The molecule has 1 aromatic heterocycles. The van der Waals surface area contributed by atoms with Gasteiger partial charge in [0.05, 0.1) is 0 Å². The second kappa shape index (κ2) is 4.07. The zero-order valence-electron chi connectivity index (χ0n) is 8.06. The molecule has 0 aromatic carbocycles. The van der Waals surface area contributed by atoms with Gasteiger partial charge in [0.25, 0.3) is 5.91 Å². The maximum atomic E-state index is 11.8. The van der Waals surface area contributed by atoms with Crippen molar-refractivity contribution in [3.63, 3.8) is 0 Å². The predicted molar refractivity (Wildman–Crippen MR) is 49.9 cm³/mol. The van der Waals surface area contributed by atoms with Crippen LogP contribution in [0.5, 0.6) is 0 Å². The van der Waals surface area contributed by atoms with Crippen LogP contribution in [0.4, 0.5) is 0 Å². The molecule has 2 rings (SSSR count). The number of carbonyl (C=O) groups is 2. The molecule has 1 saturated heterocycles. The second-order valence-electron chi connectivity index (χ2n) is 3.23. The molecule has 0 spiro atoms. The lowest BCUT2D eigenvalue weighted by atomic mass is 10.3. The molecule has 0 atom stereocenters. The Kier molecular flexibility index (Phi) is 2.61. The van der Waals surface area contributed by atoms with Crippen LogP contribution in [-0.2, 0) is 4.79 Å². The molecule has 1 fully saturated rings. The van der Waals surface area contributed by atoms with E-state index in [9.17, 15) is 9.59 Å². The molecule has 7 nitrogen and oxygen atoms in total. The van der Waals surface area contributed by atoms with Crippen molar-refractivity contribution in [3.05, 3.63) is 12.2 Å². The molecule has 1 aliphatic heterocycles. The smallest absolute Gasteiger partial charge is 0.291 e. The van der Waals surface area contributed by atoms with Crippen LogP contribution in [0.1, 0.15) is 17.0 Å². The number of nitrogens with one attached hydrogen (secondary N) is 2. The zero-order valence-corrected chi connectivity index (χ0v) is 8.06. The van der Waals surface area contributed by atoms with E-state index in [1.807, 2.05) is 0 Å². The highest BCUT2D eigenvalue weighted by molar-refractivity contribution is 5.91. The zero-order chi connectivity index (χ0) is 10.7. The maximum Gasteiger partial charge on any atom is 0.291 e. The number of H-pyrrole nitrogens is 1. The van der Waals surface area contributed by atoms with Crippen LogP contribution in [-0.4, -0.2) is 51.5 Å². The van der Waals surface area contributed by atoms with Crippen molar-refractivity contribution < 1.29 is 9.59 Å². The molecule has 0 bridgehead atoms. The molecule has 15 heavy (non-hydrogen) atoms. The summed E-state index contributed by atoms with van der Waals surface area (Å²) < 4.78 is 0. The van der Waals surface area contributed by atoms with Gasteiger partial charge in [-0.15, -0.1) is 0 Å². The van der Waals surface area contributed by atoms with Crippen LogP contribution in [0.15, 0.2) is 6.33 Å². The summed E-state index contributed by atoms with van der Waals surface area (Å²) in [6, 6.07) is 0. The average molecular weight is 209 g/mol. The minimum atomic E-state index is -0.219. The summed E-state index contributed by atoms with van der Waals surface area (Å²) >= 11 is 0. The van der Waals surface area contributed by atoms with E-state index in [0.717, 1.165) is 0 Å². The molecule has 1 aliphatic rings. The van der Waals surface area contributed by atoms with Crippen molar-refractivity contribution in [3.8, 4) is 0 Å². The number of carbonyl (C=O) groups excluding carboxylic acids is 2. The standard InChI is InChI=1S/C8H11N5O2/c14-6-1-3-13(4-2-9-6)8(15)7-10-5-11-12-7/h5H,1-4H2,(H,9,14)(H,10,11,12). The lowest BCUT2D eigenvalue weighted by molar-refractivity contribution is -0.120. The largest absolute Gasteiger partial charge is 0.354 e. The van der Waals surface area contributed by atoms with Gasteiger partial charge in [-0.25, -0.2) is 4.98 Å². The Hall–Kier alpha value is -1.92. The fraction of sp³-hybridized carbons (Fsp3) is 0.500. The van der Waals surface area contributed by atoms with Crippen LogP contribution in [0.3, 0.4) is 0 Å². The van der Waals surface area contributed by atoms with E-state index in [1.165, 1.54) is 6.33 Å². The Bertz CT molecular complexity index is 361. The van der Waals surface area contributed by atoms with E-state index in [1.54, 1.807) is 4.90 Å². The molecule has 7 heteroatoms. The average Bonchev–Trinajstić information content (AvgIpc) is 2.67. The molecule has 2 N–H and O–H groups in total. The highest BCUT2D eigenvalue weighted by Crippen LogP contribution is 2.01. The molecule has 0 saturated carbocycles. The SMILES string of the molecule is O=C1CCN(C(=O)c2ncn[nH]2)CCN1. The minimum absolute atomic E-state index is 0.0251. The van der Waals surface area contributed by atoms with Gasteiger partial charge in [-0.05, 0) is 0 Å². The fourth-order valence-corrected chi connectivity index (χ4v) is 1.43. The molecule has 2 amide bonds. The molecular formula is C8H11N5O2. The van der Waals surface area contributed by atoms with Crippen molar-refractivity contribution in [1.29, 1.82) is 0 Å². The first-order valence-electron chi connectivity index (χ1n) is 4.69. The van der Waals surface area contributed by atoms with Crippen LogP contribution >= 0.6 is 0 Å². The van der Waals surface area contributed by atoms with Gasteiger partial charge in [0.1, 0.15) is 6.33 Å². The number of rotatable bonds is 1. The highest BCUT2D eigenvalue weighted by atomic mass is 16.2. The highest BCUT2D eigenvalue weighted by Gasteiger charge is 2.21. The fourth-order valence-electron chi connectivity index (χ4n) is 1.43. The molecule has 0 aliphatic carbocycles. The quantitative estimate of drug-likeness (QED) is 0.605. The van der Waals surface area contributed by atoms with Crippen molar-refractivity contribution in [2.75, 3.05) is 19.6 Å². The van der Waals surface area contributed by atoms with E-state index in [4.69, 9.17) is 0 Å². The molecule has 80 valence electrons. The third-order valence-electron chi connectivity index (χ3n) is 2.22. The third-order valence-corrected chi connectivity index (χ3v) is 2.22. The Morgan fingerprint density at radius 2 is 2.33 bits per heavy atom. The Morgan fingerprint density at radius 3 is 3.07 bits per heavy atom. The monoisotopic (exact) mass is 209 g/mol. The van der Waals surface area contributed by atoms with Gasteiger partial charge in [0.15, 0.2) is 0 Å². The summed E-state index contributed by atoms with van der Waals surface area (Å²) in [5.41, 5.74) is 0. The van der Waals surface area contributed by atoms with Crippen molar-refractivity contribution in [2.45, 2.75) is 6.42 Å². The van der Waals surface area contributed by atoms with Gasteiger partial charge in [-0.2, -0.15) is 5.10 Å². The first-order valence-corrected chi connectivity index (χ1v) is 4.69. The Morgan fingerprint density at radius 1 is 1.47 bits per heavy atom. The van der Waals surface area contributed by atoms with Crippen LogP contribution in [0, 0.1) is 0 Å². The van der Waals surface area contributed by atoms with E-state index in [-0.39, 0.29) is 17.6 Å². The second-order valence-corrected chi connectivity index (χ2v) is 3.23. The molecule has 0 radical (unpaired) electrons. The number of aromatic amines is 1. The summed E-state index contributed by atoms with van der Waals surface area (Å²) in [6.07, 6.45) is 1.62. The van der Waals surface area contributed by atoms with Crippen LogP contribution < -0.4 is 5.32 Å². The number of hydrogen-bond donors (Lipinski definition) is 2. The van der Waals surface area contributed by atoms with Crippen LogP contribution in [0.25, 0.3) is 0 Å².